The smallest absolute Gasteiger partial charge is 0.244 e. The van der Waals surface area contributed by atoms with E-state index in [0.717, 1.165) is 25.2 Å². The van der Waals surface area contributed by atoms with Crippen LogP contribution in [0.4, 0.5) is 11.4 Å². The molecule has 1 aliphatic heterocycles. The van der Waals surface area contributed by atoms with E-state index in [4.69, 9.17) is 0 Å². The van der Waals surface area contributed by atoms with Gasteiger partial charge in [-0.15, -0.1) is 0 Å². The summed E-state index contributed by atoms with van der Waals surface area (Å²) in [5.41, 5.74) is 1.97. The summed E-state index contributed by atoms with van der Waals surface area (Å²) < 4.78 is 0. The van der Waals surface area contributed by atoms with Crippen molar-refractivity contribution in [3.05, 3.63) is 24.3 Å². The Balaban J connectivity index is 1.92. The lowest BCUT2D eigenvalue weighted by molar-refractivity contribution is -0.134. The molecule has 0 spiro atoms. The van der Waals surface area contributed by atoms with Crippen LogP contribution in [0.25, 0.3) is 0 Å². The third-order valence-corrected chi connectivity index (χ3v) is 4.46. The number of hydrogen-bond acceptors (Lipinski definition) is 3. The molecule has 1 saturated heterocycles. The first kappa shape index (κ1) is 17.3. The maximum atomic E-state index is 12.2. The highest BCUT2D eigenvalue weighted by Gasteiger charge is 2.18. The van der Waals surface area contributed by atoms with Gasteiger partial charge in [0, 0.05) is 37.4 Å². The minimum atomic E-state index is -0.158. The summed E-state index contributed by atoms with van der Waals surface area (Å²) >= 11 is 0. The van der Waals surface area contributed by atoms with Gasteiger partial charge in [-0.2, -0.15) is 0 Å². The van der Waals surface area contributed by atoms with Crippen LogP contribution in [-0.2, 0) is 9.59 Å². The van der Waals surface area contributed by atoms with Gasteiger partial charge in [0.15, 0.2) is 0 Å². The Hall–Kier alpha value is -2.04. The number of nitrogens with one attached hydrogen (secondary N) is 1. The molecule has 1 aromatic carbocycles. The van der Waals surface area contributed by atoms with Crippen LogP contribution >= 0.6 is 0 Å². The van der Waals surface area contributed by atoms with Crippen LogP contribution < -0.4 is 10.2 Å². The van der Waals surface area contributed by atoms with Crippen molar-refractivity contribution in [1.82, 2.24) is 4.90 Å². The molecule has 1 unspecified atom stereocenters. The predicted molar refractivity (Wildman–Crippen MR) is 93.7 cm³/mol. The Kier molecular flexibility index (Phi) is 6.02. The number of anilines is 2. The van der Waals surface area contributed by atoms with Crippen LogP contribution in [0.2, 0.25) is 0 Å². The quantitative estimate of drug-likeness (QED) is 0.878. The molecule has 2 rings (SSSR count). The monoisotopic (exact) mass is 317 g/mol. The second-order valence-electron chi connectivity index (χ2n) is 6.19. The molecule has 1 aromatic rings. The molecule has 2 amide bonds. The van der Waals surface area contributed by atoms with Crippen LogP contribution in [0.1, 0.15) is 40.0 Å². The van der Waals surface area contributed by atoms with Gasteiger partial charge in [-0.25, -0.2) is 0 Å². The van der Waals surface area contributed by atoms with Gasteiger partial charge >= 0.3 is 0 Å². The molecule has 1 N–H and O–H groups in total. The van der Waals surface area contributed by atoms with Gasteiger partial charge in [-0.05, 0) is 50.5 Å². The van der Waals surface area contributed by atoms with Crippen LogP contribution in [-0.4, -0.2) is 42.4 Å². The van der Waals surface area contributed by atoms with E-state index in [9.17, 15) is 9.59 Å². The average molecular weight is 317 g/mol. The Bertz CT molecular complexity index is 536. The molecule has 1 atom stereocenters. The van der Waals surface area contributed by atoms with Crippen LogP contribution in [0.3, 0.4) is 0 Å². The van der Waals surface area contributed by atoms with Gasteiger partial charge < -0.3 is 15.1 Å². The number of rotatable bonds is 6. The molecule has 5 nitrogen and oxygen atoms in total. The Morgan fingerprint density at radius 1 is 1.22 bits per heavy atom. The summed E-state index contributed by atoms with van der Waals surface area (Å²) in [5.74, 6) is -0.228. The van der Waals surface area contributed by atoms with Gasteiger partial charge in [0.1, 0.15) is 6.54 Å². The third-order valence-electron chi connectivity index (χ3n) is 4.46. The molecule has 0 bridgehead atoms. The number of nitrogens with zero attached hydrogens (tertiary/aromatic N) is 2. The fourth-order valence-corrected chi connectivity index (χ4v) is 2.88. The average Bonchev–Trinajstić information content (AvgIpc) is 3.06. The number of carbonyl (C=O) groups excluding carboxylic acids is 2. The van der Waals surface area contributed by atoms with E-state index in [2.05, 4.69) is 10.2 Å². The molecule has 0 radical (unpaired) electrons. The normalized spacial score (nSPS) is 15.3. The first-order chi connectivity index (χ1) is 11.0. The SMILES string of the molecule is CCC(C)N(CC(=O)Nc1ccc(N2CCCC2)cc1)C(C)=O. The molecule has 0 aliphatic carbocycles. The zero-order valence-corrected chi connectivity index (χ0v) is 14.3. The molecule has 126 valence electrons. The lowest BCUT2D eigenvalue weighted by Gasteiger charge is -2.26. The van der Waals surface area contributed by atoms with Crippen LogP contribution in [0.5, 0.6) is 0 Å². The first-order valence-corrected chi connectivity index (χ1v) is 8.43. The maximum Gasteiger partial charge on any atom is 0.244 e. The molecular formula is C18H27N3O2. The number of carbonyl (C=O) groups is 2. The predicted octanol–water partition coefficient (Wildman–Crippen LogP) is 2.87. The maximum absolute atomic E-state index is 12.2. The van der Waals surface area contributed by atoms with Gasteiger partial charge in [0.25, 0.3) is 0 Å². The zero-order valence-electron chi connectivity index (χ0n) is 14.3. The summed E-state index contributed by atoms with van der Waals surface area (Å²) in [6.45, 7) is 7.78. The molecular weight excluding hydrogens is 290 g/mol. The topological polar surface area (TPSA) is 52.7 Å². The largest absolute Gasteiger partial charge is 0.372 e. The van der Waals surface area contributed by atoms with E-state index in [1.807, 2.05) is 38.1 Å². The van der Waals surface area contributed by atoms with Crippen molar-refractivity contribution < 1.29 is 9.59 Å². The van der Waals surface area contributed by atoms with Crippen molar-refractivity contribution in [3.63, 3.8) is 0 Å². The third kappa shape index (κ3) is 4.71. The number of amides is 2. The fourth-order valence-electron chi connectivity index (χ4n) is 2.88. The lowest BCUT2D eigenvalue weighted by Crippen LogP contribution is -2.42. The standard InChI is InChI=1S/C18H27N3O2/c1-4-14(2)21(15(3)22)13-18(23)19-16-7-9-17(10-8-16)20-11-5-6-12-20/h7-10,14H,4-6,11-13H2,1-3H3,(H,19,23). The highest BCUT2D eigenvalue weighted by atomic mass is 16.2. The molecule has 1 aliphatic rings. The van der Waals surface area contributed by atoms with Crippen molar-refractivity contribution >= 4 is 23.2 Å². The summed E-state index contributed by atoms with van der Waals surface area (Å²) in [6, 6.07) is 7.99. The van der Waals surface area contributed by atoms with Crippen molar-refractivity contribution in [1.29, 1.82) is 0 Å². The number of hydrogen-bond donors (Lipinski definition) is 1. The van der Waals surface area contributed by atoms with Crippen molar-refractivity contribution in [2.45, 2.75) is 46.1 Å². The fraction of sp³-hybridized carbons (Fsp3) is 0.556. The summed E-state index contributed by atoms with van der Waals surface area (Å²) in [6.07, 6.45) is 3.32. The summed E-state index contributed by atoms with van der Waals surface area (Å²) in [7, 11) is 0. The summed E-state index contributed by atoms with van der Waals surface area (Å²) in [4.78, 5) is 27.8. The van der Waals surface area contributed by atoms with Gasteiger partial charge in [0.05, 0.1) is 0 Å². The molecule has 1 fully saturated rings. The van der Waals surface area contributed by atoms with Crippen molar-refractivity contribution in [2.75, 3.05) is 29.9 Å². The second-order valence-corrected chi connectivity index (χ2v) is 6.19. The molecule has 0 saturated carbocycles. The van der Waals surface area contributed by atoms with Gasteiger partial charge in [0.2, 0.25) is 11.8 Å². The van der Waals surface area contributed by atoms with Crippen molar-refractivity contribution in [2.24, 2.45) is 0 Å². The van der Waals surface area contributed by atoms with E-state index < -0.39 is 0 Å². The molecule has 0 aromatic heterocycles. The lowest BCUT2D eigenvalue weighted by atomic mass is 10.2. The van der Waals surface area contributed by atoms with Gasteiger partial charge in [-0.1, -0.05) is 6.92 Å². The zero-order chi connectivity index (χ0) is 16.8. The minimum Gasteiger partial charge on any atom is -0.372 e. The van der Waals surface area contributed by atoms with Gasteiger partial charge in [-0.3, -0.25) is 9.59 Å². The second kappa shape index (κ2) is 7.99. The molecule has 23 heavy (non-hydrogen) atoms. The molecule has 5 heteroatoms. The number of benzene rings is 1. The molecule has 1 heterocycles. The van der Waals surface area contributed by atoms with E-state index >= 15 is 0 Å². The highest BCUT2D eigenvalue weighted by molar-refractivity contribution is 5.94. The highest BCUT2D eigenvalue weighted by Crippen LogP contribution is 2.22. The van der Waals surface area contributed by atoms with Crippen molar-refractivity contribution in [3.8, 4) is 0 Å². The van der Waals surface area contributed by atoms with Crippen LogP contribution in [0, 0.1) is 0 Å². The Morgan fingerprint density at radius 2 is 1.83 bits per heavy atom. The van der Waals surface area contributed by atoms with E-state index in [-0.39, 0.29) is 24.4 Å². The Morgan fingerprint density at radius 3 is 2.35 bits per heavy atom. The van der Waals surface area contributed by atoms with E-state index in [1.165, 1.54) is 25.5 Å². The minimum absolute atomic E-state index is 0.0655. The Labute approximate surface area is 138 Å². The summed E-state index contributed by atoms with van der Waals surface area (Å²) in [5, 5.41) is 2.87. The van der Waals surface area contributed by atoms with E-state index in [1.54, 1.807) is 4.90 Å². The van der Waals surface area contributed by atoms with E-state index in [0.29, 0.717) is 0 Å². The first-order valence-electron chi connectivity index (χ1n) is 8.43. The van der Waals surface area contributed by atoms with Crippen LogP contribution in [0.15, 0.2) is 24.3 Å².